The van der Waals surface area contributed by atoms with E-state index in [1.54, 1.807) is 11.3 Å². The number of hydrogen-bond acceptors (Lipinski definition) is 5. The van der Waals surface area contributed by atoms with Gasteiger partial charge in [-0.2, -0.15) is 0 Å². The van der Waals surface area contributed by atoms with Crippen LogP contribution < -0.4 is 10.6 Å². The van der Waals surface area contributed by atoms with Gasteiger partial charge in [0.2, 0.25) is 0 Å². The van der Waals surface area contributed by atoms with Crippen molar-refractivity contribution < 1.29 is 0 Å². The maximum Gasteiger partial charge on any atom is 0.191 e. The molecule has 142 valence electrons. The zero-order valence-corrected chi connectivity index (χ0v) is 18.9. The average Bonchev–Trinajstić information content (AvgIpc) is 3.32. The first-order valence-corrected chi connectivity index (χ1v) is 11.0. The second kappa shape index (κ2) is 11.6. The van der Waals surface area contributed by atoms with E-state index in [4.69, 9.17) is 4.99 Å². The molecule has 3 rings (SSSR count). The predicted molar refractivity (Wildman–Crippen MR) is 120 cm³/mol. The fourth-order valence-corrected chi connectivity index (χ4v) is 4.69. The monoisotopic (exact) mass is 495 g/mol. The van der Waals surface area contributed by atoms with Crippen LogP contribution in [-0.2, 0) is 0 Å². The molecule has 1 aromatic rings. The molecule has 0 amide bonds. The second-order valence-electron chi connectivity index (χ2n) is 6.45. The standard InChI is InChI=1S/C17H29N5S2.HI/c1-2-18-16(19-8-3-12-23-17-20-9-13-24-17)21-14-6-10-22(11-7-14)15-4-5-15;/h9,13-15H,2-8,10-12H2,1H3,(H2,18,19,21);1H. The van der Waals surface area contributed by atoms with Gasteiger partial charge in [-0.1, -0.05) is 11.8 Å². The van der Waals surface area contributed by atoms with Gasteiger partial charge >= 0.3 is 0 Å². The summed E-state index contributed by atoms with van der Waals surface area (Å²) in [6.45, 7) is 6.40. The van der Waals surface area contributed by atoms with Crippen molar-refractivity contribution in [2.75, 3.05) is 31.9 Å². The number of nitrogens with one attached hydrogen (secondary N) is 2. The number of halogens is 1. The van der Waals surface area contributed by atoms with E-state index >= 15 is 0 Å². The number of guanidine groups is 1. The lowest BCUT2D eigenvalue weighted by molar-refractivity contribution is 0.197. The van der Waals surface area contributed by atoms with E-state index in [0.29, 0.717) is 6.04 Å². The second-order valence-corrected chi connectivity index (χ2v) is 8.68. The molecule has 0 spiro atoms. The lowest BCUT2D eigenvalue weighted by Gasteiger charge is -2.33. The molecule has 8 heteroatoms. The highest BCUT2D eigenvalue weighted by atomic mass is 127. The van der Waals surface area contributed by atoms with Crippen molar-refractivity contribution >= 4 is 53.0 Å². The Morgan fingerprint density at radius 1 is 1.36 bits per heavy atom. The maximum absolute atomic E-state index is 4.74. The molecule has 1 aromatic heterocycles. The van der Waals surface area contributed by atoms with Gasteiger partial charge in [0.15, 0.2) is 5.96 Å². The van der Waals surface area contributed by atoms with Gasteiger partial charge in [-0.15, -0.1) is 35.3 Å². The third-order valence-electron chi connectivity index (χ3n) is 4.49. The van der Waals surface area contributed by atoms with Gasteiger partial charge in [0, 0.05) is 55.6 Å². The quantitative estimate of drug-likeness (QED) is 0.190. The van der Waals surface area contributed by atoms with Crippen molar-refractivity contribution in [1.29, 1.82) is 0 Å². The zero-order chi connectivity index (χ0) is 16.6. The van der Waals surface area contributed by atoms with Crippen LogP contribution in [-0.4, -0.2) is 59.9 Å². The fraction of sp³-hybridized carbons (Fsp3) is 0.765. The van der Waals surface area contributed by atoms with E-state index in [9.17, 15) is 0 Å². The Bertz CT molecular complexity index is 499. The Labute approximate surface area is 176 Å². The Kier molecular flexibility index (Phi) is 9.87. The van der Waals surface area contributed by atoms with Crippen molar-refractivity contribution in [3.05, 3.63) is 11.6 Å². The number of piperidine rings is 1. The molecule has 1 saturated carbocycles. The van der Waals surface area contributed by atoms with Crippen molar-refractivity contribution in [2.45, 2.75) is 55.5 Å². The molecular formula is C17H30IN5S2. The summed E-state index contributed by atoms with van der Waals surface area (Å²) >= 11 is 3.54. The van der Waals surface area contributed by atoms with Gasteiger partial charge in [-0.3, -0.25) is 4.99 Å². The van der Waals surface area contributed by atoms with Gasteiger partial charge in [-0.05, 0) is 39.0 Å². The first kappa shape index (κ1) is 21.2. The number of hydrogen-bond donors (Lipinski definition) is 2. The van der Waals surface area contributed by atoms with Crippen molar-refractivity contribution in [2.24, 2.45) is 4.99 Å². The third-order valence-corrected chi connectivity index (χ3v) is 6.54. The molecule has 1 aliphatic carbocycles. The van der Waals surface area contributed by atoms with E-state index in [1.807, 2.05) is 23.3 Å². The Morgan fingerprint density at radius 2 is 2.16 bits per heavy atom. The van der Waals surface area contributed by atoms with Gasteiger partial charge in [0.25, 0.3) is 0 Å². The van der Waals surface area contributed by atoms with Crippen molar-refractivity contribution in [3.63, 3.8) is 0 Å². The molecule has 5 nitrogen and oxygen atoms in total. The van der Waals surface area contributed by atoms with Gasteiger partial charge < -0.3 is 15.5 Å². The number of nitrogens with zero attached hydrogens (tertiary/aromatic N) is 3. The van der Waals surface area contributed by atoms with Crippen LogP contribution in [0.4, 0.5) is 0 Å². The lowest BCUT2D eigenvalue weighted by Crippen LogP contribution is -2.49. The molecule has 0 radical (unpaired) electrons. The summed E-state index contributed by atoms with van der Waals surface area (Å²) in [5.74, 6) is 2.07. The summed E-state index contributed by atoms with van der Waals surface area (Å²) in [5, 5.41) is 9.06. The van der Waals surface area contributed by atoms with Crippen LogP contribution in [0.3, 0.4) is 0 Å². The summed E-state index contributed by atoms with van der Waals surface area (Å²) < 4.78 is 1.16. The van der Waals surface area contributed by atoms with Gasteiger partial charge in [-0.25, -0.2) is 4.98 Å². The number of aromatic nitrogens is 1. The number of likely N-dealkylation sites (tertiary alicyclic amines) is 1. The van der Waals surface area contributed by atoms with Crippen LogP contribution in [0.2, 0.25) is 0 Å². The number of thioether (sulfide) groups is 1. The SMILES string of the molecule is CCNC(=NCCCSc1nccs1)NC1CCN(C2CC2)CC1.I. The minimum absolute atomic E-state index is 0. The lowest BCUT2D eigenvalue weighted by atomic mass is 10.1. The number of thiazole rings is 1. The maximum atomic E-state index is 4.74. The van der Waals surface area contributed by atoms with Gasteiger partial charge in [0.1, 0.15) is 4.34 Å². The summed E-state index contributed by atoms with van der Waals surface area (Å²) in [4.78, 5) is 11.7. The highest BCUT2D eigenvalue weighted by Crippen LogP contribution is 2.29. The van der Waals surface area contributed by atoms with Crippen molar-refractivity contribution in [3.8, 4) is 0 Å². The minimum Gasteiger partial charge on any atom is -0.357 e. The van der Waals surface area contributed by atoms with E-state index in [1.165, 1.54) is 38.8 Å². The smallest absolute Gasteiger partial charge is 0.191 e. The topological polar surface area (TPSA) is 52.6 Å². The van der Waals surface area contributed by atoms with E-state index in [2.05, 4.69) is 27.4 Å². The number of rotatable bonds is 8. The normalized spacial score (nSPS) is 19.5. The molecule has 2 aliphatic rings. The van der Waals surface area contributed by atoms with Crippen LogP contribution in [0.25, 0.3) is 0 Å². The van der Waals surface area contributed by atoms with E-state index in [0.717, 1.165) is 41.6 Å². The summed E-state index contributed by atoms with van der Waals surface area (Å²) in [6.07, 6.45) is 8.26. The average molecular weight is 496 g/mol. The summed E-state index contributed by atoms with van der Waals surface area (Å²) in [5.41, 5.74) is 0. The van der Waals surface area contributed by atoms with Crippen LogP contribution in [0, 0.1) is 0 Å². The fourth-order valence-electron chi connectivity index (χ4n) is 3.06. The number of aliphatic imine (C=N–C) groups is 1. The molecule has 2 fully saturated rings. The van der Waals surface area contributed by atoms with Crippen LogP contribution in [0.15, 0.2) is 20.9 Å². The first-order valence-electron chi connectivity index (χ1n) is 9.16. The molecule has 1 aliphatic heterocycles. The van der Waals surface area contributed by atoms with Crippen LogP contribution in [0.1, 0.15) is 39.0 Å². The zero-order valence-electron chi connectivity index (χ0n) is 14.9. The Balaban J connectivity index is 0.00000225. The molecule has 0 bridgehead atoms. The summed E-state index contributed by atoms with van der Waals surface area (Å²) in [7, 11) is 0. The molecule has 0 atom stereocenters. The Hall–Kier alpha value is -0.0600. The molecule has 2 heterocycles. The molecular weight excluding hydrogens is 465 g/mol. The molecule has 2 N–H and O–H groups in total. The minimum atomic E-state index is 0. The molecule has 0 unspecified atom stereocenters. The highest BCUT2D eigenvalue weighted by Gasteiger charge is 2.31. The Morgan fingerprint density at radius 3 is 2.80 bits per heavy atom. The third kappa shape index (κ3) is 7.60. The van der Waals surface area contributed by atoms with E-state index < -0.39 is 0 Å². The molecule has 1 saturated heterocycles. The highest BCUT2D eigenvalue weighted by molar-refractivity contribution is 14.0. The summed E-state index contributed by atoms with van der Waals surface area (Å²) in [6, 6.07) is 1.48. The van der Waals surface area contributed by atoms with Crippen LogP contribution >= 0.6 is 47.1 Å². The molecule has 25 heavy (non-hydrogen) atoms. The predicted octanol–water partition coefficient (Wildman–Crippen LogP) is 3.43. The van der Waals surface area contributed by atoms with Crippen LogP contribution in [0.5, 0.6) is 0 Å². The van der Waals surface area contributed by atoms with E-state index in [-0.39, 0.29) is 24.0 Å². The van der Waals surface area contributed by atoms with Gasteiger partial charge in [0.05, 0.1) is 0 Å². The first-order chi connectivity index (χ1) is 11.8. The largest absolute Gasteiger partial charge is 0.357 e. The molecule has 0 aromatic carbocycles. The van der Waals surface area contributed by atoms with Crippen molar-refractivity contribution in [1.82, 2.24) is 20.5 Å².